The lowest BCUT2D eigenvalue weighted by Crippen LogP contribution is -2.77. The quantitative estimate of drug-likeness (QED) is 0.714. The summed E-state index contributed by atoms with van der Waals surface area (Å²) >= 11 is 0. The summed E-state index contributed by atoms with van der Waals surface area (Å²) in [6.07, 6.45) is 3.26. The van der Waals surface area contributed by atoms with Crippen LogP contribution in [0.25, 0.3) is 18.2 Å². The molecule has 20 heavy (non-hydrogen) atoms. The van der Waals surface area contributed by atoms with E-state index in [0.29, 0.717) is 16.8 Å². The van der Waals surface area contributed by atoms with Crippen LogP contribution in [0, 0.1) is 5.82 Å². The van der Waals surface area contributed by atoms with Gasteiger partial charge in [-0.15, -0.1) is 0 Å². The molecule has 0 aliphatic carbocycles. The number of rotatable bonds is 2. The van der Waals surface area contributed by atoms with Crippen molar-refractivity contribution in [2.75, 3.05) is 7.11 Å². The van der Waals surface area contributed by atoms with E-state index >= 15 is 0 Å². The highest BCUT2D eigenvalue weighted by Crippen LogP contribution is 2.23. The number of hydrogen-bond acceptors (Lipinski definition) is 2. The molecule has 0 saturated carbocycles. The lowest BCUT2D eigenvalue weighted by atomic mass is 10.0. The summed E-state index contributed by atoms with van der Waals surface area (Å²) in [4.78, 5) is 17.6. The molecule has 0 atom stereocenters. The zero-order valence-corrected chi connectivity index (χ0v) is 10.8. The van der Waals surface area contributed by atoms with Gasteiger partial charge in [0, 0.05) is 17.5 Å². The van der Waals surface area contributed by atoms with Crippen molar-refractivity contribution in [1.29, 1.82) is 0 Å². The van der Waals surface area contributed by atoms with Crippen LogP contribution in [-0.4, -0.2) is 18.0 Å². The largest absolute Gasteiger partial charge is 0.495 e. The maximum Gasteiger partial charge on any atom is 0.419 e. The Kier molecular flexibility index (Phi) is 2.75. The van der Waals surface area contributed by atoms with Gasteiger partial charge in [-0.1, -0.05) is 6.58 Å². The Balaban J connectivity index is 2.23. The minimum atomic E-state index is -0.488. The van der Waals surface area contributed by atoms with Crippen molar-refractivity contribution in [1.82, 2.24) is 4.98 Å². The number of aromatic nitrogens is 1. The summed E-state index contributed by atoms with van der Waals surface area (Å²) in [5, 5.41) is 0.710. The van der Waals surface area contributed by atoms with Gasteiger partial charge in [0.25, 0.3) is 0 Å². The first-order valence-corrected chi connectivity index (χ1v) is 6.01. The number of ether oxygens (including phenoxy) is 1. The van der Waals surface area contributed by atoms with E-state index in [2.05, 4.69) is 16.6 Å². The van der Waals surface area contributed by atoms with Crippen LogP contribution >= 0.6 is 0 Å². The Morgan fingerprint density at radius 2 is 2.20 bits per heavy atom. The smallest absolute Gasteiger partial charge is 0.419 e. The number of fused-ring (bicyclic) bond motifs is 1. The van der Waals surface area contributed by atoms with E-state index in [0.717, 1.165) is 0 Å². The molecule has 2 heterocycles. The van der Waals surface area contributed by atoms with Crippen LogP contribution in [0.2, 0.25) is 0 Å². The molecule has 0 fully saturated rings. The lowest BCUT2D eigenvalue weighted by molar-refractivity contribution is -0.405. The van der Waals surface area contributed by atoms with Crippen molar-refractivity contribution in [2.45, 2.75) is 0 Å². The molecule has 1 aliphatic rings. The van der Waals surface area contributed by atoms with Gasteiger partial charge in [-0.05, 0) is 18.2 Å². The van der Waals surface area contributed by atoms with Gasteiger partial charge in [0.1, 0.15) is 22.7 Å². The molecular formula is C15H12FN2O2+. The van der Waals surface area contributed by atoms with Crippen molar-refractivity contribution < 1.29 is 18.9 Å². The maximum absolute atomic E-state index is 14.2. The van der Waals surface area contributed by atoms with E-state index < -0.39 is 5.82 Å². The molecule has 0 radical (unpaired) electrons. The first-order chi connectivity index (χ1) is 9.61. The van der Waals surface area contributed by atoms with Gasteiger partial charge in [0.15, 0.2) is 0 Å². The normalized spacial score (nSPS) is 15.3. The molecule has 2 N–H and O–H groups in total. The SMILES string of the molecule is C=c1ccc2c(c1F)/C(=C/c1[nH]ccc1OC)C(=O)[NH+]=2. The number of methoxy groups -OCH3 is 1. The van der Waals surface area contributed by atoms with Crippen LogP contribution in [0.15, 0.2) is 24.4 Å². The molecule has 3 rings (SSSR count). The van der Waals surface area contributed by atoms with Gasteiger partial charge in [0.05, 0.1) is 12.8 Å². The lowest BCUT2D eigenvalue weighted by Gasteiger charge is -1.99. The zero-order valence-electron chi connectivity index (χ0n) is 10.8. The highest BCUT2D eigenvalue weighted by Gasteiger charge is 2.30. The van der Waals surface area contributed by atoms with Crippen LogP contribution < -0.4 is 20.3 Å². The van der Waals surface area contributed by atoms with Gasteiger partial charge in [-0.25, -0.2) is 9.18 Å². The number of aromatic amines is 1. The summed E-state index contributed by atoms with van der Waals surface area (Å²) in [5.41, 5.74) is 1.11. The second-order valence-corrected chi connectivity index (χ2v) is 4.43. The molecule has 1 aliphatic heterocycles. The van der Waals surface area contributed by atoms with E-state index in [-0.39, 0.29) is 22.3 Å². The first kappa shape index (κ1) is 12.3. The Hall–Kier alpha value is -2.69. The average Bonchev–Trinajstić information content (AvgIpc) is 3.00. The van der Waals surface area contributed by atoms with Crippen LogP contribution in [-0.2, 0) is 4.79 Å². The molecule has 0 spiro atoms. The van der Waals surface area contributed by atoms with Crippen molar-refractivity contribution in [3.8, 4) is 5.75 Å². The van der Waals surface area contributed by atoms with E-state index in [1.54, 1.807) is 24.4 Å². The van der Waals surface area contributed by atoms with Crippen LogP contribution in [0.5, 0.6) is 5.75 Å². The van der Waals surface area contributed by atoms with Crippen LogP contribution in [0.3, 0.4) is 0 Å². The Morgan fingerprint density at radius 1 is 1.40 bits per heavy atom. The van der Waals surface area contributed by atoms with Gasteiger partial charge in [0.2, 0.25) is 5.36 Å². The summed E-state index contributed by atoms with van der Waals surface area (Å²) in [6.45, 7) is 3.61. The number of amides is 1. The fourth-order valence-corrected chi connectivity index (χ4v) is 2.23. The fraction of sp³-hybridized carbons (Fsp3) is 0.0667. The monoisotopic (exact) mass is 271 g/mol. The highest BCUT2D eigenvalue weighted by atomic mass is 19.1. The first-order valence-electron chi connectivity index (χ1n) is 6.01. The average molecular weight is 271 g/mol. The Morgan fingerprint density at radius 3 is 2.95 bits per heavy atom. The third-order valence-corrected chi connectivity index (χ3v) is 3.23. The third-order valence-electron chi connectivity index (χ3n) is 3.23. The number of benzene rings is 1. The number of halogens is 1. The molecule has 2 aromatic rings. The topological polar surface area (TPSA) is 56.1 Å². The minimum absolute atomic E-state index is 0.249. The molecule has 0 unspecified atom stereocenters. The molecule has 100 valence electrons. The van der Waals surface area contributed by atoms with Gasteiger partial charge >= 0.3 is 5.91 Å². The molecule has 0 bridgehead atoms. The van der Waals surface area contributed by atoms with Gasteiger partial charge < -0.3 is 9.72 Å². The molecule has 1 amide bonds. The number of hydrogen-bond donors (Lipinski definition) is 2. The maximum atomic E-state index is 14.2. The molecule has 0 saturated heterocycles. The molecular weight excluding hydrogens is 259 g/mol. The predicted octanol–water partition coefficient (Wildman–Crippen LogP) is -0.646. The van der Waals surface area contributed by atoms with Crippen molar-refractivity contribution in [2.24, 2.45) is 0 Å². The summed E-state index contributed by atoms with van der Waals surface area (Å²) in [6, 6.07) is 4.91. The fourth-order valence-electron chi connectivity index (χ4n) is 2.23. The second-order valence-electron chi connectivity index (χ2n) is 4.43. The molecule has 1 aromatic carbocycles. The van der Waals surface area contributed by atoms with Gasteiger partial charge in [-0.3, -0.25) is 0 Å². The van der Waals surface area contributed by atoms with Gasteiger partial charge in [-0.2, -0.15) is 4.99 Å². The van der Waals surface area contributed by atoms with E-state index in [4.69, 9.17) is 4.74 Å². The number of carbonyl (C=O) groups excluding carboxylic acids is 1. The van der Waals surface area contributed by atoms with E-state index in [1.165, 1.54) is 13.2 Å². The zero-order chi connectivity index (χ0) is 14.3. The number of H-pyrrole nitrogens is 1. The summed E-state index contributed by atoms with van der Waals surface area (Å²) in [7, 11) is 1.53. The van der Waals surface area contributed by atoms with Crippen molar-refractivity contribution in [3.63, 3.8) is 0 Å². The molecule has 1 aromatic heterocycles. The highest BCUT2D eigenvalue weighted by molar-refractivity contribution is 6.21. The van der Waals surface area contributed by atoms with Crippen molar-refractivity contribution >= 4 is 24.1 Å². The van der Waals surface area contributed by atoms with Crippen LogP contribution in [0.4, 0.5) is 4.39 Å². The summed E-state index contributed by atoms with van der Waals surface area (Å²) < 4.78 is 19.4. The second kappa shape index (κ2) is 4.45. The van der Waals surface area contributed by atoms with E-state index in [9.17, 15) is 9.18 Å². The predicted molar refractivity (Wildman–Crippen MR) is 71.5 cm³/mol. The number of nitrogens with one attached hydrogen (secondary N) is 2. The summed E-state index contributed by atoms with van der Waals surface area (Å²) in [5.74, 6) is -0.247. The minimum Gasteiger partial charge on any atom is -0.495 e. The third kappa shape index (κ3) is 1.75. The number of carbonyl (C=O) groups is 1. The Labute approximate surface area is 113 Å². The molecule has 4 nitrogen and oxygen atoms in total. The van der Waals surface area contributed by atoms with Crippen LogP contribution in [0.1, 0.15) is 11.3 Å². The Bertz CT molecular complexity index is 849. The molecule has 5 heteroatoms. The standard InChI is InChI=1S/C15H11FN2O2/c1-8-3-4-10-13(14(8)16)9(15(19)18-10)7-11-12(20-2)5-6-17-11/h3-7,17H,1H2,2H3/p+1/b9-7-. The van der Waals surface area contributed by atoms with Crippen molar-refractivity contribution in [3.05, 3.63) is 52.0 Å². The van der Waals surface area contributed by atoms with E-state index in [1.807, 2.05) is 0 Å².